The molecule has 2 heterocycles. The molecule has 0 fully saturated rings. The van der Waals surface area contributed by atoms with Gasteiger partial charge < -0.3 is 10.4 Å². The predicted molar refractivity (Wildman–Crippen MR) is 70.1 cm³/mol. The Labute approximate surface area is 108 Å². The SMILES string of the molecule is CC(O)C(C)(C)Nc1nc2ccc(Br)cn2n1. The van der Waals surface area contributed by atoms with Crippen molar-refractivity contribution >= 4 is 27.5 Å². The van der Waals surface area contributed by atoms with E-state index in [1.807, 2.05) is 32.2 Å². The van der Waals surface area contributed by atoms with Gasteiger partial charge in [-0.1, -0.05) is 0 Å². The van der Waals surface area contributed by atoms with Gasteiger partial charge in [0, 0.05) is 10.7 Å². The van der Waals surface area contributed by atoms with E-state index in [4.69, 9.17) is 0 Å². The molecule has 6 heteroatoms. The molecule has 2 rings (SSSR count). The van der Waals surface area contributed by atoms with E-state index in [0.717, 1.165) is 10.1 Å². The summed E-state index contributed by atoms with van der Waals surface area (Å²) >= 11 is 3.38. The van der Waals surface area contributed by atoms with Gasteiger partial charge in [0.1, 0.15) is 0 Å². The minimum absolute atomic E-state index is 0.470. The maximum Gasteiger partial charge on any atom is 0.243 e. The van der Waals surface area contributed by atoms with Crippen LogP contribution in [0.1, 0.15) is 20.8 Å². The third-order valence-corrected chi connectivity index (χ3v) is 3.24. The standard InChI is InChI=1S/C11H15BrN4O/c1-7(17)11(2,3)14-10-13-9-5-4-8(12)6-16(9)15-10/h4-7,17H,1-3H3,(H,14,15). The van der Waals surface area contributed by atoms with Crippen LogP contribution in [-0.2, 0) is 0 Å². The number of anilines is 1. The summed E-state index contributed by atoms with van der Waals surface area (Å²) in [6, 6.07) is 3.78. The van der Waals surface area contributed by atoms with Gasteiger partial charge in [-0.2, -0.15) is 4.98 Å². The smallest absolute Gasteiger partial charge is 0.243 e. The Morgan fingerprint density at radius 2 is 2.18 bits per heavy atom. The summed E-state index contributed by atoms with van der Waals surface area (Å²) in [5.74, 6) is 0.508. The van der Waals surface area contributed by atoms with Gasteiger partial charge in [-0.15, -0.1) is 5.10 Å². The first-order chi connectivity index (χ1) is 7.88. The Morgan fingerprint density at radius 1 is 1.47 bits per heavy atom. The number of hydrogen-bond acceptors (Lipinski definition) is 4. The van der Waals surface area contributed by atoms with Crippen molar-refractivity contribution in [3.8, 4) is 0 Å². The highest BCUT2D eigenvalue weighted by Gasteiger charge is 2.25. The Hall–Kier alpha value is -1.14. The zero-order valence-electron chi connectivity index (χ0n) is 9.98. The van der Waals surface area contributed by atoms with Crippen molar-refractivity contribution in [1.82, 2.24) is 14.6 Å². The number of nitrogens with one attached hydrogen (secondary N) is 1. The van der Waals surface area contributed by atoms with Crippen LogP contribution in [0.15, 0.2) is 22.8 Å². The maximum atomic E-state index is 9.63. The fraction of sp³-hybridized carbons (Fsp3) is 0.455. The summed E-state index contributed by atoms with van der Waals surface area (Å²) < 4.78 is 2.63. The van der Waals surface area contributed by atoms with Gasteiger partial charge in [0.05, 0.1) is 11.6 Å². The van der Waals surface area contributed by atoms with E-state index in [1.165, 1.54) is 0 Å². The lowest BCUT2D eigenvalue weighted by molar-refractivity contribution is 0.132. The maximum absolute atomic E-state index is 9.63. The molecule has 0 amide bonds. The molecule has 1 atom stereocenters. The van der Waals surface area contributed by atoms with Crippen LogP contribution in [0.5, 0.6) is 0 Å². The first-order valence-corrected chi connectivity index (χ1v) is 6.16. The van der Waals surface area contributed by atoms with Gasteiger partial charge in [-0.25, -0.2) is 4.52 Å². The highest BCUT2D eigenvalue weighted by molar-refractivity contribution is 9.10. The molecule has 0 aromatic carbocycles. The quantitative estimate of drug-likeness (QED) is 0.910. The molecular formula is C11H15BrN4O. The van der Waals surface area contributed by atoms with Crippen molar-refractivity contribution in [2.75, 3.05) is 5.32 Å². The topological polar surface area (TPSA) is 62.5 Å². The molecule has 0 radical (unpaired) electrons. The van der Waals surface area contributed by atoms with Crippen molar-refractivity contribution in [1.29, 1.82) is 0 Å². The van der Waals surface area contributed by atoms with Gasteiger partial charge in [-0.05, 0) is 48.8 Å². The second kappa shape index (κ2) is 4.27. The van der Waals surface area contributed by atoms with E-state index < -0.39 is 11.6 Å². The van der Waals surface area contributed by atoms with Crippen LogP contribution in [0.25, 0.3) is 5.65 Å². The molecule has 0 aliphatic heterocycles. The minimum atomic E-state index is -0.499. The van der Waals surface area contributed by atoms with Crippen molar-refractivity contribution in [3.05, 3.63) is 22.8 Å². The lowest BCUT2D eigenvalue weighted by atomic mass is 9.99. The third-order valence-electron chi connectivity index (χ3n) is 2.77. The van der Waals surface area contributed by atoms with Crippen molar-refractivity contribution in [3.63, 3.8) is 0 Å². The number of nitrogens with zero attached hydrogens (tertiary/aromatic N) is 3. The lowest BCUT2D eigenvalue weighted by Crippen LogP contribution is -2.42. The second-order valence-corrected chi connectivity index (χ2v) is 5.52. The number of hydrogen-bond donors (Lipinski definition) is 2. The van der Waals surface area contributed by atoms with Crippen LogP contribution < -0.4 is 5.32 Å². The summed E-state index contributed by atoms with van der Waals surface area (Å²) in [5.41, 5.74) is 0.291. The lowest BCUT2D eigenvalue weighted by Gasteiger charge is -2.28. The summed E-state index contributed by atoms with van der Waals surface area (Å²) in [6.45, 7) is 5.54. The molecule has 92 valence electrons. The van der Waals surface area contributed by atoms with Crippen molar-refractivity contribution in [2.45, 2.75) is 32.4 Å². The molecule has 2 aromatic rings. The zero-order valence-corrected chi connectivity index (χ0v) is 11.6. The van der Waals surface area contributed by atoms with E-state index in [2.05, 4.69) is 31.3 Å². The highest BCUT2D eigenvalue weighted by atomic mass is 79.9. The average Bonchev–Trinajstić information content (AvgIpc) is 2.57. The Bertz CT molecular complexity index is 535. The number of halogens is 1. The zero-order chi connectivity index (χ0) is 12.6. The molecule has 0 aliphatic carbocycles. The molecule has 0 aliphatic rings. The number of aromatic nitrogens is 3. The van der Waals surface area contributed by atoms with Gasteiger partial charge in [0.2, 0.25) is 5.95 Å². The number of aliphatic hydroxyl groups is 1. The fourth-order valence-electron chi connectivity index (χ4n) is 1.30. The number of rotatable bonds is 3. The van der Waals surface area contributed by atoms with Crippen LogP contribution in [0.2, 0.25) is 0 Å². The summed E-state index contributed by atoms with van der Waals surface area (Å²) in [7, 11) is 0. The molecule has 2 aromatic heterocycles. The van der Waals surface area contributed by atoms with Crippen LogP contribution in [0, 0.1) is 0 Å². The summed E-state index contributed by atoms with van der Waals surface area (Å²) in [4.78, 5) is 4.33. The second-order valence-electron chi connectivity index (χ2n) is 4.61. The normalized spacial score (nSPS) is 13.9. The number of aliphatic hydroxyl groups excluding tert-OH is 1. The Morgan fingerprint density at radius 3 is 2.82 bits per heavy atom. The molecule has 17 heavy (non-hydrogen) atoms. The number of pyridine rings is 1. The van der Waals surface area contributed by atoms with E-state index in [9.17, 15) is 5.11 Å². The van der Waals surface area contributed by atoms with Crippen LogP contribution >= 0.6 is 15.9 Å². The predicted octanol–water partition coefficient (Wildman–Crippen LogP) is 2.06. The Kier molecular flexibility index (Phi) is 3.09. The van der Waals surface area contributed by atoms with Gasteiger partial charge in [0.25, 0.3) is 0 Å². The molecule has 2 N–H and O–H groups in total. The van der Waals surface area contributed by atoms with E-state index in [0.29, 0.717) is 5.95 Å². The molecular weight excluding hydrogens is 284 g/mol. The van der Waals surface area contributed by atoms with E-state index in [1.54, 1.807) is 11.4 Å². The first-order valence-electron chi connectivity index (χ1n) is 5.37. The molecule has 0 spiro atoms. The first kappa shape index (κ1) is 12.3. The van der Waals surface area contributed by atoms with Crippen molar-refractivity contribution < 1.29 is 5.11 Å². The van der Waals surface area contributed by atoms with Crippen molar-refractivity contribution in [2.24, 2.45) is 0 Å². The van der Waals surface area contributed by atoms with E-state index >= 15 is 0 Å². The molecule has 0 bridgehead atoms. The molecule has 0 saturated heterocycles. The fourth-order valence-corrected chi connectivity index (χ4v) is 1.63. The largest absolute Gasteiger partial charge is 0.391 e. The average molecular weight is 299 g/mol. The van der Waals surface area contributed by atoms with Crippen LogP contribution in [-0.4, -0.2) is 31.3 Å². The number of fused-ring (bicyclic) bond motifs is 1. The minimum Gasteiger partial charge on any atom is -0.391 e. The van der Waals surface area contributed by atoms with Crippen LogP contribution in [0.4, 0.5) is 5.95 Å². The van der Waals surface area contributed by atoms with Crippen LogP contribution in [0.3, 0.4) is 0 Å². The monoisotopic (exact) mass is 298 g/mol. The molecule has 0 saturated carbocycles. The van der Waals surface area contributed by atoms with Gasteiger partial charge in [-0.3, -0.25) is 0 Å². The van der Waals surface area contributed by atoms with E-state index in [-0.39, 0.29) is 0 Å². The molecule has 1 unspecified atom stereocenters. The highest BCUT2D eigenvalue weighted by Crippen LogP contribution is 2.17. The van der Waals surface area contributed by atoms with Gasteiger partial charge >= 0.3 is 0 Å². The summed E-state index contributed by atoms with van der Waals surface area (Å²) in [6.07, 6.45) is 1.34. The third kappa shape index (κ3) is 2.58. The molecule has 5 nitrogen and oxygen atoms in total. The summed E-state index contributed by atoms with van der Waals surface area (Å²) in [5, 5.41) is 17.0. The van der Waals surface area contributed by atoms with Gasteiger partial charge in [0.15, 0.2) is 5.65 Å². The Balaban J connectivity index is 2.31.